The van der Waals surface area contributed by atoms with Crippen LogP contribution in [0, 0.1) is 11.8 Å². The van der Waals surface area contributed by atoms with Crippen LogP contribution in [-0.4, -0.2) is 62.9 Å². The van der Waals surface area contributed by atoms with Gasteiger partial charge in [0.15, 0.2) is 0 Å². The molecule has 22 heavy (non-hydrogen) atoms. The largest absolute Gasteiger partial charge is 0.376 e. The number of carbonyl (C=O) groups is 1. The van der Waals surface area contributed by atoms with Gasteiger partial charge >= 0.3 is 0 Å². The summed E-state index contributed by atoms with van der Waals surface area (Å²) in [7, 11) is 0. The summed E-state index contributed by atoms with van der Waals surface area (Å²) in [5.41, 5.74) is 0. The number of ether oxygens (including phenoxy) is 2. The standard InChI is InChI=1S/C17H30N2O3/c20-17(15-3-1-2-4-15)18-11-14-5-7-19(8-6-14)12-16-13-21-9-10-22-16/h14-16H,1-13H2,(H,18,20). The molecule has 1 atom stereocenters. The van der Waals surface area contributed by atoms with E-state index in [1.165, 1.54) is 25.7 Å². The number of likely N-dealkylation sites (tertiary alicyclic amines) is 1. The van der Waals surface area contributed by atoms with Crippen molar-refractivity contribution in [2.24, 2.45) is 11.8 Å². The molecule has 0 radical (unpaired) electrons. The van der Waals surface area contributed by atoms with Gasteiger partial charge in [0.1, 0.15) is 0 Å². The second-order valence-electron chi connectivity index (χ2n) is 7.04. The number of nitrogens with one attached hydrogen (secondary N) is 1. The van der Waals surface area contributed by atoms with E-state index >= 15 is 0 Å². The molecule has 5 heteroatoms. The van der Waals surface area contributed by atoms with Crippen molar-refractivity contribution in [1.82, 2.24) is 10.2 Å². The third-order valence-corrected chi connectivity index (χ3v) is 5.34. The number of amides is 1. The molecule has 1 unspecified atom stereocenters. The van der Waals surface area contributed by atoms with Gasteiger partial charge in [-0.2, -0.15) is 0 Å². The molecule has 0 aromatic rings. The van der Waals surface area contributed by atoms with Crippen molar-refractivity contribution in [2.45, 2.75) is 44.6 Å². The average Bonchev–Trinajstić information content (AvgIpc) is 3.09. The molecule has 126 valence electrons. The SMILES string of the molecule is O=C(NCC1CCN(CC2COCCO2)CC1)C1CCCC1. The molecule has 1 amide bonds. The van der Waals surface area contributed by atoms with Gasteiger partial charge < -0.3 is 19.7 Å². The summed E-state index contributed by atoms with van der Waals surface area (Å²) < 4.78 is 11.2. The Morgan fingerprint density at radius 1 is 1.09 bits per heavy atom. The molecule has 2 aliphatic heterocycles. The number of nitrogens with zero attached hydrogens (tertiary/aromatic N) is 1. The fourth-order valence-electron chi connectivity index (χ4n) is 3.88. The summed E-state index contributed by atoms with van der Waals surface area (Å²) in [5.74, 6) is 1.24. The zero-order valence-corrected chi connectivity index (χ0v) is 13.6. The van der Waals surface area contributed by atoms with Crippen LogP contribution in [0.25, 0.3) is 0 Å². The molecule has 1 aliphatic carbocycles. The molecule has 1 N–H and O–H groups in total. The molecule has 3 fully saturated rings. The topological polar surface area (TPSA) is 50.8 Å². The van der Waals surface area contributed by atoms with Gasteiger partial charge in [-0.3, -0.25) is 4.79 Å². The van der Waals surface area contributed by atoms with Crippen molar-refractivity contribution in [3.63, 3.8) is 0 Å². The molecule has 0 aromatic carbocycles. The summed E-state index contributed by atoms with van der Waals surface area (Å²) in [6.45, 7) is 6.28. The first-order chi connectivity index (χ1) is 10.8. The van der Waals surface area contributed by atoms with Crippen molar-refractivity contribution in [2.75, 3.05) is 46.0 Å². The number of hydrogen-bond donors (Lipinski definition) is 1. The number of carbonyl (C=O) groups excluding carboxylic acids is 1. The molecule has 1 saturated carbocycles. The summed E-state index contributed by atoms with van der Waals surface area (Å²) in [4.78, 5) is 14.5. The molecule has 0 bridgehead atoms. The van der Waals surface area contributed by atoms with Crippen LogP contribution in [0.5, 0.6) is 0 Å². The minimum absolute atomic E-state index is 0.243. The Balaban J connectivity index is 1.30. The normalized spacial score (nSPS) is 28.8. The van der Waals surface area contributed by atoms with Gasteiger partial charge in [-0.1, -0.05) is 12.8 Å². The Labute approximate surface area is 133 Å². The number of piperidine rings is 1. The molecule has 2 saturated heterocycles. The molecule has 3 rings (SSSR count). The van der Waals surface area contributed by atoms with E-state index in [0.717, 1.165) is 58.8 Å². The third-order valence-electron chi connectivity index (χ3n) is 5.34. The zero-order chi connectivity index (χ0) is 15.2. The molecule has 2 heterocycles. The molecule has 3 aliphatic rings. The summed E-state index contributed by atoms with van der Waals surface area (Å²) in [6, 6.07) is 0. The van der Waals surface area contributed by atoms with Crippen LogP contribution in [0.3, 0.4) is 0 Å². The second kappa shape index (κ2) is 8.27. The van der Waals surface area contributed by atoms with Gasteiger partial charge in [0, 0.05) is 19.0 Å². The van der Waals surface area contributed by atoms with Crippen molar-refractivity contribution in [3.05, 3.63) is 0 Å². The first-order valence-electron chi connectivity index (χ1n) is 9.00. The zero-order valence-electron chi connectivity index (χ0n) is 13.6. The Kier molecular flexibility index (Phi) is 6.10. The van der Waals surface area contributed by atoms with E-state index in [4.69, 9.17) is 9.47 Å². The fourth-order valence-corrected chi connectivity index (χ4v) is 3.88. The molecule has 5 nitrogen and oxygen atoms in total. The van der Waals surface area contributed by atoms with Crippen molar-refractivity contribution < 1.29 is 14.3 Å². The third kappa shape index (κ3) is 4.67. The predicted molar refractivity (Wildman–Crippen MR) is 84.7 cm³/mol. The van der Waals surface area contributed by atoms with E-state index in [-0.39, 0.29) is 6.10 Å². The van der Waals surface area contributed by atoms with Crippen LogP contribution >= 0.6 is 0 Å². The van der Waals surface area contributed by atoms with Crippen LogP contribution in [-0.2, 0) is 14.3 Å². The Morgan fingerprint density at radius 3 is 2.55 bits per heavy atom. The van der Waals surface area contributed by atoms with Gasteiger partial charge in [0.25, 0.3) is 0 Å². The van der Waals surface area contributed by atoms with E-state index in [1.54, 1.807) is 0 Å². The lowest BCUT2D eigenvalue weighted by Gasteiger charge is -2.35. The highest BCUT2D eigenvalue weighted by atomic mass is 16.6. The first-order valence-corrected chi connectivity index (χ1v) is 9.00. The minimum atomic E-state index is 0.243. The monoisotopic (exact) mass is 310 g/mol. The van der Waals surface area contributed by atoms with Gasteiger partial charge in [-0.15, -0.1) is 0 Å². The van der Waals surface area contributed by atoms with Crippen LogP contribution in [0.15, 0.2) is 0 Å². The lowest BCUT2D eigenvalue weighted by Crippen LogP contribution is -2.45. The Morgan fingerprint density at radius 2 is 1.86 bits per heavy atom. The van der Waals surface area contributed by atoms with Gasteiger partial charge in [0.05, 0.1) is 25.9 Å². The van der Waals surface area contributed by atoms with E-state index in [0.29, 0.717) is 17.7 Å². The fraction of sp³-hybridized carbons (Fsp3) is 0.941. The van der Waals surface area contributed by atoms with E-state index < -0.39 is 0 Å². The van der Waals surface area contributed by atoms with Crippen LogP contribution in [0.2, 0.25) is 0 Å². The van der Waals surface area contributed by atoms with E-state index in [9.17, 15) is 4.79 Å². The van der Waals surface area contributed by atoms with Crippen molar-refractivity contribution >= 4 is 5.91 Å². The highest BCUT2D eigenvalue weighted by Crippen LogP contribution is 2.25. The van der Waals surface area contributed by atoms with E-state index in [1.807, 2.05) is 0 Å². The smallest absolute Gasteiger partial charge is 0.223 e. The van der Waals surface area contributed by atoms with Crippen molar-refractivity contribution in [3.8, 4) is 0 Å². The molecule has 0 aromatic heterocycles. The van der Waals surface area contributed by atoms with Crippen LogP contribution in [0.4, 0.5) is 0 Å². The highest BCUT2D eigenvalue weighted by Gasteiger charge is 2.26. The summed E-state index contributed by atoms with van der Waals surface area (Å²) >= 11 is 0. The van der Waals surface area contributed by atoms with Gasteiger partial charge in [-0.25, -0.2) is 0 Å². The van der Waals surface area contributed by atoms with Gasteiger partial charge in [0.2, 0.25) is 5.91 Å². The summed E-state index contributed by atoms with van der Waals surface area (Å²) in [5, 5.41) is 3.19. The van der Waals surface area contributed by atoms with Crippen LogP contribution in [0.1, 0.15) is 38.5 Å². The second-order valence-corrected chi connectivity index (χ2v) is 7.04. The maximum Gasteiger partial charge on any atom is 0.223 e. The maximum absolute atomic E-state index is 12.1. The quantitative estimate of drug-likeness (QED) is 0.834. The molecular formula is C17H30N2O3. The Bertz CT molecular complexity index is 344. The number of hydrogen-bond acceptors (Lipinski definition) is 4. The average molecular weight is 310 g/mol. The van der Waals surface area contributed by atoms with Crippen LogP contribution < -0.4 is 5.32 Å². The first kappa shape index (κ1) is 16.2. The van der Waals surface area contributed by atoms with Gasteiger partial charge in [-0.05, 0) is 44.7 Å². The lowest BCUT2D eigenvalue weighted by atomic mass is 9.96. The Hall–Kier alpha value is -0.650. The summed E-state index contributed by atoms with van der Waals surface area (Å²) in [6.07, 6.45) is 7.23. The predicted octanol–water partition coefficient (Wildman–Crippen LogP) is 1.42. The highest BCUT2D eigenvalue weighted by molar-refractivity contribution is 5.78. The number of rotatable bonds is 5. The molecule has 0 spiro atoms. The maximum atomic E-state index is 12.1. The molecular weight excluding hydrogens is 280 g/mol. The lowest BCUT2D eigenvalue weighted by molar-refractivity contribution is -0.125. The minimum Gasteiger partial charge on any atom is -0.376 e. The van der Waals surface area contributed by atoms with E-state index in [2.05, 4.69) is 10.2 Å². The van der Waals surface area contributed by atoms with Crippen molar-refractivity contribution in [1.29, 1.82) is 0 Å².